The average molecular weight is 790 g/mol. The summed E-state index contributed by atoms with van der Waals surface area (Å²) in [5.74, 6) is 0.596. The fourth-order valence-corrected chi connectivity index (χ4v) is 11.5. The minimum Gasteiger partial charge on any atom is -0.504 e. The molecule has 0 aromatic heterocycles. The molecule has 7 atom stereocenters. The molecule has 296 valence electrons. The summed E-state index contributed by atoms with van der Waals surface area (Å²) in [4.78, 5) is 41.7. The molecule has 3 aromatic rings. The quantitative estimate of drug-likeness (QED) is 0.223. The molecule has 16 heteroatoms. The van der Waals surface area contributed by atoms with E-state index in [1.807, 2.05) is 24.8 Å². The Balaban J connectivity index is 1.28. The maximum atomic E-state index is 14.8. The molecule has 0 aliphatic carbocycles. The topological polar surface area (TPSA) is 184 Å². The van der Waals surface area contributed by atoms with E-state index in [-0.39, 0.29) is 36.4 Å². The van der Waals surface area contributed by atoms with Crippen LogP contribution >= 0.6 is 11.8 Å². The Morgan fingerprint density at radius 3 is 2.45 bits per heavy atom. The van der Waals surface area contributed by atoms with E-state index >= 15 is 0 Å². The monoisotopic (exact) mass is 789 g/mol. The summed E-state index contributed by atoms with van der Waals surface area (Å²) >= 11 is 1.44. The van der Waals surface area contributed by atoms with Crippen molar-refractivity contribution in [2.24, 2.45) is 0 Å². The number of piperazine rings is 1. The van der Waals surface area contributed by atoms with Gasteiger partial charge in [0.15, 0.2) is 40.0 Å². The highest BCUT2D eigenvalue weighted by atomic mass is 32.2. The Morgan fingerprint density at radius 1 is 0.946 bits per heavy atom. The van der Waals surface area contributed by atoms with E-state index in [9.17, 15) is 24.6 Å². The zero-order valence-corrected chi connectivity index (χ0v) is 32.6. The van der Waals surface area contributed by atoms with E-state index in [0.717, 1.165) is 16.7 Å². The molecule has 7 aliphatic rings. The molecule has 56 heavy (non-hydrogen) atoms. The largest absolute Gasteiger partial charge is 0.504 e. The second kappa shape index (κ2) is 13.4. The van der Waals surface area contributed by atoms with Crippen LogP contribution in [0.1, 0.15) is 75.7 Å². The third kappa shape index (κ3) is 5.29. The standard InChI is InChI=1S/C40H43N3O12S/c1-16-9-21-10-23-38(47)43-24-13-51-39(48)40(22-12-25(49-5)26(54-18(3)44)11-20(22)7-8-41-40)14-56-37(31(43)30(42-23)27(21)32(46)33(16)50-6)29-28(24)36-35(52-15-53-36)17(2)34(29)55-19(4)45/h9,11-12,23-24,30-31,37-38,41-42,46-47H,7-8,10,13-15H2,1-6H3/t23-,24+,30+,31?,37+,38-,40+/m0/s1. The summed E-state index contributed by atoms with van der Waals surface area (Å²) in [6.07, 6.45) is -0.123. The van der Waals surface area contributed by atoms with Crippen molar-refractivity contribution >= 4 is 29.7 Å². The third-order valence-corrected chi connectivity index (χ3v) is 13.5. The lowest BCUT2D eigenvalue weighted by Crippen LogP contribution is -2.69. The second-order valence-electron chi connectivity index (χ2n) is 15.1. The van der Waals surface area contributed by atoms with Crippen LogP contribution in [0, 0.1) is 13.8 Å². The van der Waals surface area contributed by atoms with Crippen LogP contribution in [0.25, 0.3) is 0 Å². The van der Waals surface area contributed by atoms with Crippen molar-refractivity contribution in [3.8, 4) is 40.2 Å². The Bertz CT molecular complexity index is 2210. The number of rotatable bonds is 4. The summed E-state index contributed by atoms with van der Waals surface area (Å²) in [6.45, 7) is 6.46. The number of aryl methyl sites for hydroxylation is 1. The fourth-order valence-electron chi connectivity index (χ4n) is 9.82. The van der Waals surface area contributed by atoms with Crippen LogP contribution in [-0.2, 0) is 37.5 Å². The van der Waals surface area contributed by atoms with E-state index in [4.69, 9.17) is 33.2 Å². The van der Waals surface area contributed by atoms with Crippen molar-refractivity contribution in [2.45, 2.75) is 81.7 Å². The molecule has 10 rings (SSSR count). The molecule has 2 saturated heterocycles. The van der Waals surface area contributed by atoms with Crippen LogP contribution in [0.15, 0.2) is 18.2 Å². The number of carbonyl (C=O) groups is 3. The minimum atomic E-state index is -1.40. The molecule has 0 saturated carbocycles. The van der Waals surface area contributed by atoms with E-state index in [2.05, 4.69) is 10.6 Å². The van der Waals surface area contributed by atoms with Gasteiger partial charge in [-0.15, -0.1) is 11.8 Å². The van der Waals surface area contributed by atoms with E-state index in [1.54, 1.807) is 12.1 Å². The first-order valence-electron chi connectivity index (χ1n) is 18.6. The van der Waals surface area contributed by atoms with Crippen LogP contribution in [0.2, 0.25) is 0 Å². The third-order valence-electron chi connectivity index (χ3n) is 12.0. The highest BCUT2D eigenvalue weighted by Gasteiger charge is 2.60. The van der Waals surface area contributed by atoms with Gasteiger partial charge >= 0.3 is 17.9 Å². The lowest BCUT2D eigenvalue weighted by Gasteiger charge is -2.59. The Labute approximate surface area is 326 Å². The molecule has 1 unspecified atom stereocenters. The molecule has 4 bridgehead atoms. The van der Waals surface area contributed by atoms with Crippen molar-refractivity contribution in [1.29, 1.82) is 0 Å². The van der Waals surface area contributed by atoms with Gasteiger partial charge in [-0.1, -0.05) is 6.07 Å². The number of aliphatic hydroxyl groups excluding tert-OH is 1. The summed E-state index contributed by atoms with van der Waals surface area (Å²) in [7, 11) is 2.99. The molecule has 7 heterocycles. The lowest BCUT2D eigenvalue weighted by molar-refractivity contribution is -0.164. The van der Waals surface area contributed by atoms with Crippen molar-refractivity contribution in [1.82, 2.24) is 15.5 Å². The summed E-state index contributed by atoms with van der Waals surface area (Å²) < 4.78 is 41.5. The number of hydrogen-bond acceptors (Lipinski definition) is 16. The van der Waals surface area contributed by atoms with E-state index < -0.39 is 59.1 Å². The lowest BCUT2D eigenvalue weighted by atomic mass is 9.74. The molecule has 1 spiro atoms. The average Bonchev–Trinajstić information content (AvgIpc) is 3.66. The van der Waals surface area contributed by atoms with Crippen molar-refractivity contribution in [2.75, 3.05) is 39.9 Å². The summed E-state index contributed by atoms with van der Waals surface area (Å²) in [5, 5.41) is 30.9. The van der Waals surface area contributed by atoms with Gasteiger partial charge in [-0.2, -0.15) is 0 Å². The number of nitrogens with zero attached hydrogens (tertiary/aromatic N) is 1. The number of ether oxygens (including phenoxy) is 7. The number of carbonyl (C=O) groups excluding carboxylic acids is 3. The molecular formula is C40H43N3O12S. The summed E-state index contributed by atoms with van der Waals surface area (Å²) in [5.41, 5.74) is 4.14. The smallest absolute Gasteiger partial charge is 0.331 e. The zero-order valence-electron chi connectivity index (χ0n) is 31.8. The number of thioether (sulfide) groups is 1. The van der Waals surface area contributed by atoms with Gasteiger partial charge in [0.2, 0.25) is 6.79 Å². The molecule has 0 amide bonds. The normalized spacial score (nSPS) is 28.3. The first-order valence-corrected chi connectivity index (χ1v) is 19.6. The van der Waals surface area contributed by atoms with Crippen LogP contribution in [0.5, 0.6) is 40.2 Å². The van der Waals surface area contributed by atoms with Gasteiger partial charge in [-0.05, 0) is 61.1 Å². The highest BCUT2D eigenvalue weighted by molar-refractivity contribution is 7.99. The molecule has 15 nitrogen and oxygen atoms in total. The molecular weight excluding hydrogens is 747 g/mol. The van der Waals surface area contributed by atoms with E-state index in [1.165, 1.54) is 39.8 Å². The maximum absolute atomic E-state index is 14.8. The van der Waals surface area contributed by atoms with Crippen molar-refractivity contribution in [3.05, 3.63) is 62.7 Å². The molecule has 2 fully saturated rings. The van der Waals surface area contributed by atoms with Crippen LogP contribution in [-0.4, -0.2) is 91.2 Å². The predicted octanol–water partition coefficient (Wildman–Crippen LogP) is 3.29. The number of benzene rings is 3. The van der Waals surface area contributed by atoms with E-state index in [0.29, 0.717) is 70.2 Å². The van der Waals surface area contributed by atoms with Crippen molar-refractivity contribution < 1.29 is 57.8 Å². The highest BCUT2D eigenvalue weighted by Crippen LogP contribution is 2.63. The molecule has 3 aromatic carbocycles. The van der Waals surface area contributed by atoms with Gasteiger partial charge in [-0.3, -0.25) is 19.8 Å². The number of phenols is 1. The Hall–Kier alpha value is -4.74. The Kier molecular flexibility index (Phi) is 8.85. The minimum absolute atomic E-state index is 0.0107. The fraction of sp³-hybridized carbons (Fsp3) is 0.475. The van der Waals surface area contributed by atoms with Crippen molar-refractivity contribution in [3.63, 3.8) is 0 Å². The van der Waals surface area contributed by atoms with Gasteiger partial charge in [0.05, 0.1) is 37.6 Å². The SMILES string of the molecule is COc1cc2c(cc1OC(C)=O)CCN[C@]21CS[C@@H]2c3c(OC(C)=O)c(C)c4c(c3[C@@H](COC1=O)N1C2[C@@H]2N[C@@H](Cc3cc(C)c(OC)c(O)c32)[C@@H]1O)OCO4. The number of methoxy groups -OCH3 is 2. The Morgan fingerprint density at radius 2 is 1.71 bits per heavy atom. The number of esters is 3. The first kappa shape index (κ1) is 36.9. The second-order valence-corrected chi connectivity index (χ2v) is 16.2. The van der Waals surface area contributed by atoms with Crippen LogP contribution in [0.4, 0.5) is 0 Å². The number of aromatic hydroxyl groups is 1. The molecule has 4 N–H and O–H groups in total. The maximum Gasteiger partial charge on any atom is 0.331 e. The zero-order chi connectivity index (χ0) is 39.4. The number of hydrogen-bond donors (Lipinski definition) is 4. The van der Waals surface area contributed by atoms with Gasteiger partial charge in [0.1, 0.15) is 18.6 Å². The van der Waals surface area contributed by atoms with Gasteiger partial charge < -0.3 is 48.7 Å². The first-order chi connectivity index (χ1) is 26.9. The molecule has 7 aliphatic heterocycles. The number of aliphatic hydroxyl groups is 1. The molecule has 0 radical (unpaired) electrons. The number of nitrogens with one attached hydrogen (secondary N) is 2. The van der Waals surface area contributed by atoms with Gasteiger partial charge in [-0.25, -0.2) is 4.79 Å². The number of phenolic OH excluding ortho intramolecular Hbond substituents is 1. The van der Waals surface area contributed by atoms with Crippen LogP contribution in [0.3, 0.4) is 0 Å². The number of fused-ring (bicyclic) bond motifs is 9. The van der Waals surface area contributed by atoms with Gasteiger partial charge in [0, 0.05) is 54.4 Å². The predicted molar refractivity (Wildman–Crippen MR) is 200 cm³/mol. The van der Waals surface area contributed by atoms with Crippen LogP contribution < -0.4 is 39.1 Å². The van der Waals surface area contributed by atoms with Gasteiger partial charge in [0.25, 0.3) is 0 Å². The summed E-state index contributed by atoms with van der Waals surface area (Å²) in [6, 6.07) is 3.03.